The Morgan fingerprint density at radius 3 is 2.90 bits per heavy atom. The maximum absolute atomic E-state index is 5.81. The second-order valence-electron chi connectivity index (χ2n) is 4.99. The van der Waals surface area contributed by atoms with Crippen LogP contribution in [0.5, 0.6) is 11.5 Å². The van der Waals surface area contributed by atoms with Crippen molar-refractivity contribution in [1.82, 2.24) is 10.1 Å². The van der Waals surface area contributed by atoms with Gasteiger partial charge in [0.25, 0.3) is 5.89 Å². The summed E-state index contributed by atoms with van der Waals surface area (Å²) >= 11 is 0. The number of nitrogens with zero attached hydrogens (tertiary/aromatic N) is 2. The van der Waals surface area contributed by atoms with Gasteiger partial charge in [0.15, 0.2) is 23.9 Å². The summed E-state index contributed by atoms with van der Waals surface area (Å²) in [7, 11) is 0. The SMILES string of the molecule is CCOc1cccc(CN)c1OCc1nc(C2CC2)no1. The van der Waals surface area contributed by atoms with Gasteiger partial charge in [-0.1, -0.05) is 17.3 Å². The summed E-state index contributed by atoms with van der Waals surface area (Å²) in [6.45, 7) is 3.10. The van der Waals surface area contributed by atoms with Crippen molar-refractivity contribution in [3.8, 4) is 11.5 Å². The molecule has 0 atom stereocenters. The van der Waals surface area contributed by atoms with E-state index < -0.39 is 0 Å². The molecule has 6 nitrogen and oxygen atoms in total. The summed E-state index contributed by atoms with van der Waals surface area (Å²) in [6.07, 6.45) is 2.29. The molecule has 6 heteroatoms. The molecule has 3 rings (SSSR count). The van der Waals surface area contributed by atoms with Crippen LogP contribution in [-0.4, -0.2) is 16.7 Å². The highest BCUT2D eigenvalue weighted by molar-refractivity contribution is 5.46. The molecule has 1 saturated carbocycles. The molecular formula is C15H19N3O3. The zero-order chi connectivity index (χ0) is 14.7. The number of para-hydroxylation sites is 1. The molecular weight excluding hydrogens is 270 g/mol. The van der Waals surface area contributed by atoms with Crippen LogP contribution < -0.4 is 15.2 Å². The summed E-state index contributed by atoms with van der Waals surface area (Å²) in [5.41, 5.74) is 6.64. The van der Waals surface area contributed by atoms with Crippen molar-refractivity contribution in [2.45, 2.75) is 38.8 Å². The van der Waals surface area contributed by atoms with Gasteiger partial charge in [-0.25, -0.2) is 0 Å². The highest BCUT2D eigenvalue weighted by Gasteiger charge is 2.28. The molecule has 1 aromatic heterocycles. The molecule has 0 spiro atoms. The first-order valence-electron chi connectivity index (χ1n) is 7.21. The van der Waals surface area contributed by atoms with E-state index in [2.05, 4.69) is 10.1 Å². The Morgan fingerprint density at radius 1 is 1.33 bits per heavy atom. The van der Waals surface area contributed by atoms with Gasteiger partial charge in [-0.2, -0.15) is 4.98 Å². The predicted octanol–water partition coefficient (Wildman–Crippen LogP) is 2.38. The number of ether oxygens (including phenoxy) is 2. The van der Waals surface area contributed by atoms with E-state index in [0.29, 0.717) is 36.5 Å². The lowest BCUT2D eigenvalue weighted by Crippen LogP contribution is -2.05. The van der Waals surface area contributed by atoms with Crippen molar-refractivity contribution in [2.24, 2.45) is 5.73 Å². The quantitative estimate of drug-likeness (QED) is 0.842. The van der Waals surface area contributed by atoms with Gasteiger partial charge < -0.3 is 19.7 Å². The van der Waals surface area contributed by atoms with Crippen molar-refractivity contribution in [1.29, 1.82) is 0 Å². The molecule has 112 valence electrons. The average molecular weight is 289 g/mol. The van der Waals surface area contributed by atoms with Crippen LogP contribution in [0.15, 0.2) is 22.7 Å². The van der Waals surface area contributed by atoms with E-state index in [9.17, 15) is 0 Å². The summed E-state index contributed by atoms with van der Waals surface area (Å²) in [6, 6.07) is 5.68. The summed E-state index contributed by atoms with van der Waals surface area (Å²) < 4.78 is 16.6. The van der Waals surface area contributed by atoms with E-state index in [1.807, 2.05) is 25.1 Å². The number of benzene rings is 1. The fourth-order valence-corrected chi connectivity index (χ4v) is 2.12. The molecule has 1 aromatic carbocycles. The highest BCUT2D eigenvalue weighted by atomic mass is 16.5. The molecule has 0 amide bonds. The summed E-state index contributed by atoms with van der Waals surface area (Å²) in [5, 5.41) is 3.97. The third-order valence-electron chi connectivity index (χ3n) is 3.35. The van der Waals surface area contributed by atoms with Crippen LogP contribution in [0.2, 0.25) is 0 Å². The monoisotopic (exact) mass is 289 g/mol. The van der Waals surface area contributed by atoms with Gasteiger partial charge in [-0.15, -0.1) is 0 Å². The predicted molar refractivity (Wildman–Crippen MR) is 76.1 cm³/mol. The van der Waals surface area contributed by atoms with Crippen LogP contribution in [-0.2, 0) is 13.2 Å². The second kappa shape index (κ2) is 6.13. The Morgan fingerprint density at radius 2 is 2.19 bits per heavy atom. The third-order valence-corrected chi connectivity index (χ3v) is 3.35. The molecule has 1 heterocycles. The van der Waals surface area contributed by atoms with Crippen LogP contribution >= 0.6 is 0 Å². The number of aromatic nitrogens is 2. The topological polar surface area (TPSA) is 83.4 Å². The standard InChI is InChI=1S/C15H19N3O3/c1-2-19-12-5-3-4-11(8-16)14(12)20-9-13-17-15(18-21-13)10-6-7-10/h3-5,10H,2,6-9,16H2,1H3. The Balaban J connectivity index is 1.73. The largest absolute Gasteiger partial charge is 0.490 e. The third kappa shape index (κ3) is 3.16. The molecule has 2 aromatic rings. The van der Waals surface area contributed by atoms with Gasteiger partial charge >= 0.3 is 0 Å². The van der Waals surface area contributed by atoms with Gasteiger partial charge in [0.1, 0.15) is 0 Å². The Hall–Kier alpha value is -2.08. The van der Waals surface area contributed by atoms with Crippen molar-refractivity contribution in [3.05, 3.63) is 35.5 Å². The van der Waals surface area contributed by atoms with Crippen molar-refractivity contribution in [3.63, 3.8) is 0 Å². The average Bonchev–Trinajstić information content (AvgIpc) is 3.25. The van der Waals surface area contributed by atoms with Crippen LogP contribution in [0.4, 0.5) is 0 Å². The molecule has 0 radical (unpaired) electrons. The van der Waals surface area contributed by atoms with E-state index in [1.165, 1.54) is 0 Å². The molecule has 21 heavy (non-hydrogen) atoms. The minimum absolute atomic E-state index is 0.219. The molecule has 1 fully saturated rings. The van der Waals surface area contributed by atoms with Gasteiger partial charge in [0.2, 0.25) is 0 Å². The summed E-state index contributed by atoms with van der Waals surface area (Å²) in [5.74, 6) is 3.06. The molecule has 1 aliphatic rings. The number of hydrogen-bond acceptors (Lipinski definition) is 6. The first-order chi connectivity index (χ1) is 10.3. The molecule has 0 unspecified atom stereocenters. The number of rotatable bonds is 7. The van der Waals surface area contributed by atoms with E-state index in [4.69, 9.17) is 19.7 Å². The molecule has 0 aliphatic heterocycles. The van der Waals surface area contributed by atoms with Crippen LogP contribution in [0.1, 0.15) is 43.0 Å². The van der Waals surface area contributed by atoms with Crippen molar-refractivity contribution < 1.29 is 14.0 Å². The summed E-state index contributed by atoms with van der Waals surface area (Å²) in [4.78, 5) is 4.34. The van der Waals surface area contributed by atoms with E-state index in [0.717, 1.165) is 24.2 Å². The maximum atomic E-state index is 5.81. The Labute approximate surface area is 123 Å². The highest BCUT2D eigenvalue weighted by Crippen LogP contribution is 2.38. The first-order valence-corrected chi connectivity index (χ1v) is 7.21. The van der Waals surface area contributed by atoms with E-state index >= 15 is 0 Å². The lowest BCUT2D eigenvalue weighted by molar-refractivity contribution is 0.226. The molecule has 1 aliphatic carbocycles. The Kier molecular flexibility index (Phi) is 4.06. The molecule has 0 bridgehead atoms. The van der Waals surface area contributed by atoms with E-state index in [1.54, 1.807) is 0 Å². The molecule has 0 saturated heterocycles. The zero-order valence-corrected chi connectivity index (χ0v) is 12.0. The van der Waals surface area contributed by atoms with Crippen LogP contribution in [0, 0.1) is 0 Å². The van der Waals surface area contributed by atoms with Crippen molar-refractivity contribution in [2.75, 3.05) is 6.61 Å². The minimum atomic E-state index is 0.219. The van der Waals surface area contributed by atoms with Crippen molar-refractivity contribution >= 4 is 0 Å². The lowest BCUT2D eigenvalue weighted by Gasteiger charge is -2.13. The zero-order valence-electron chi connectivity index (χ0n) is 12.0. The first kappa shape index (κ1) is 13.9. The van der Waals surface area contributed by atoms with Gasteiger partial charge in [-0.05, 0) is 25.8 Å². The Bertz CT molecular complexity index is 608. The lowest BCUT2D eigenvalue weighted by atomic mass is 10.2. The maximum Gasteiger partial charge on any atom is 0.264 e. The van der Waals surface area contributed by atoms with Crippen LogP contribution in [0.25, 0.3) is 0 Å². The fourth-order valence-electron chi connectivity index (χ4n) is 2.12. The van der Waals surface area contributed by atoms with Crippen LogP contribution in [0.3, 0.4) is 0 Å². The van der Waals surface area contributed by atoms with Gasteiger partial charge in [0, 0.05) is 18.0 Å². The smallest absolute Gasteiger partial charge is 0.264 e. The second-order valence-corrected chi connectivity index (χ2v) is 4.99. The molecule has 2 N–H and O–H groups in total. The number of hydrogen-bond donors (Lipinski definition) is 1. The number of nitrogens with two attached hydrogens (primary N) is 1. The fraction of sp³-hybridized carbons (Fsp3) is 0.467. The van der Waals surface area contributed by atoms with Gasteiger partial charge in [-0.3, -0.25) is 0 Å². The normalized spacial score (nSPS) is 14.2. The van der Waals surface area contributed by atoms with Gasteiger partial charge in [0.05, 0.1) is 6.61 Å². The van der Waals surface area contributed by atoms with E-state index in [-0.39, 0.29) is 6.61 Å². The minimum Gasteiger partial charge on any atom is -0.490 e.